The van der Waals surface area contributed by atoms with Crippen molar-refractivity contribution in [2.75, 3.05) is 5.32 Å². The first-order chi connectivity index (χ1) is 8.56. The lowest BCUT2D eigenvalue weighted by atomic mass is 10.3. The number of rotatable bonds is 2. The summed E-state index contributed by atoms with van der Waals surface area (Å²) in [6.07, 6.45) is 0. The molecule has 0 radical (unpaired) electrons. The number of nitrogens with one attached hydrogen (secondary N) is 1. The van der Waals surface area contributed by atoms with Crippen molar-refractivity contribution in [1.29, 1.82) is 0 Å². The molecule has 1 N–H and O–H groups in total. The van der Waals surface area contributed by atoms with E-state index in [4.69, 9.17) is 11.6 Å². The van der Waals surface area contributed by atoms with Crippen LogP contribution in [0.4, 0.5) is 10.1 Å². The zero-order valence-corrected chi connectivity index (χ0v) is 11.3. The fourth-order valence-corrected chi connectivity index (χ4v) is 1.83. The zero-order valence-electron chi connectivity index (χ0n) is 8.95. The van der Waals surface area contributed by atoms with Crippen molar-refractivity contribution < 1.29 is 9.18 Å². The fraction of sp³-hybridized carbons (Fsp3) is 0. The van der Waals surface area contributed by atoms with E-state index in [-0.39, 0.29) is 5.69 Å². The van der Waals surface area contributed by atoms with Crippen LogP contribution in [0.2, 0.25) is 5.02 Å². The van der Waals surface area contributed by atoms with Crippen molar-refractivity contribution in [3.05, 3.63) is 57.5 Å². The molecule has 92 valence electrons. The van der Waals surface area contributed by atoms with Gasteiger partial charge in [0, 0.05) is 9.50 Å². The Bertz CT molecular complexity index is 606. The van der Waals surface area contributed by atoms with Crippen molar-refractivity contribution in [2.24, 2.45) is 0 Å². The van der Waals surface area contributed by atoms with Crippen LogP contribution in [0.15, 0.2) is 40.9 Å². The van der Waals surface area contributed by atoms with Crippen molar-refractivity contribution in [1.82, 2.24) is 4.98 Å². The minimum absolute atomic E-state index is 0.00174. The summed E-state index contributed by atoms with van der Waals surface area (Å²) in [4.78, 5) is 15.3. The smallest absolute Gasteiger partial charge is 0.274 e. The summed E-state index contributed by atoms with van der Waals surface area (Å²) in [7, 11) is 0. The minimum Gasteiger partial charge on any atom is -0.320 e. The first-order valence-electron chi connectivity index (χ1n) is 4.95. The number of carbonyl (C=O) groups is 1. The number of aromatic nitrogens is 1. The standard InChI is InChI=1S/C12H7BrClFN2O/c13-8-5-4-7(14)6-10(8)17-12(18)9-2-1-3-11(15)16-9/h1-6H,(H,17,18). The van der Waals surface area contributed by atoms with E-state index < -0.39 is 11.9 Å². The monoisotopic (exact) mass is 328 g/mol. The maximum absolute atomic E-state index is 12.9. The Morgan fingerprint density at radius 3 is 2.83 bits per heavy atom. The second-order valence-corrected chi connectivity index (χ2v) is 4.71. The highest BCUT2D eigenvalue weighted by atomic mass is 79.9. The predicted octanol–water partition coefficient (Wildman–Crippen LogP) is 3.89. The Labute approximate surface area is 116 Å². The molecule has 2 aromatic rings. The largest absolute Gasteiger partial charge is 0.320 e. The molecule has 0 saturated heterocycles. The molecule has 0 saturated carbocycles. The molecule has 1 aromatic heterocycles. The number of hydrogen-bond acceptors (Lipinski definition) is 2. The van der Waals surface area contributed by atoms with Crippen LogP contribution in [-0.4, -0.2) is 10.9 Å². The van der Waals surface area contributed by atoms with Gasteiger partial charge in [-0.05, 0) is 46.3 Å². The summed E-state index contributed by atoms with van der Waals surface area (Å²) in [6.45, 7) is 0. The van der Waals surface area contributed by atoms with Gasteiger partial charge in [0.05, 0.1) is 5.69 Å². The Morgan fingerprint density at radius 2 is 2.11 bits per heavy atom. The minimum atomic E-state index is -0.701. The molecule has 0 spiro atoms. The number of amides is 1. The predicted molar refractivity (Wildman–Crippen MR) is 71.3 cm³/mol. The highest BCUT2D eigenvalue weighted by Gasteiger charge is 2.10. The topological polar surface area (TPSA) is 42.0 Å². The molecule has 1 heterocycles. The van der Waals surface area contributed by atoms with Gasteiger partial charge >= 0.3 is 0 Å². The van der Waals surface area contributed by atoms with Gasteiger partial charge in [-0.1, -0.05) is 17.7 Å². The fourth-order valence-electron chi connectivity index (χ4n) is 1.31. The van der Waals surface area contributed by atoms with Gasteiger partial charge in [0.2, 0.25) is 5.95 Å². The number of pyridine rings is 1. The SMILES string of the molecule is O=C(Nc1cc(Cl)ccc1Br)c1cccc(F)n1. The normalized spacial score (nSPS) is 10.2. The lowest BCUT2D eigenvalue weighted by Gasteiger charge is -2.07. The lowest BCUT2D eigenvalue weighted by Crippen LogP contribution is -2.14. The van der Waals surface area contributed by atoms with Gasteiger partial charge in [-0.25, -0.2) is 4.98 Å². The number of carbonyl (C=O) groups excluding carboxylic acids is 1. The van der Waals surface area contributed by atoms with Gasteiger partial charge in [0.25, 0.3) is 5.91 Å². The van der Waals surface area contributed by atoms with Gasteiger partial charge in [-0.3, -0.25) is 4.79 Å². The van der Waals surface area contributed by atoms with E-state index in [2.05, 4.69) is 26.2 Å². The van der Waals surface area contributed by atoms with Gasteiger partial charge in [0.15, 0.2) is 0 Å². The molecule has 1 aromatic carbocycles. The number of nitrogens with zero attached hydrogens (tertiary/aromatic N) is 1. The van der Waals surface area contributed by atoms with Crippen LogP contribution < -0.4 is 5.32 Å². The molecule has 2 rings (SSSR count). The second-order valence-electron chi connectivity index (χ2n) is 3.42. The van der Waals surface area contributed by atoms with Gasteiger partial charge in [0.1, 0.15) is 5.69 Å². The number of hydrogen-bond donors (Lipinski definition) is 1. The Kier molecular flexibility index (Phi) is 3.93. The summed E-state index contributed by atoms with van der Waals surface area (Å²) in [5, 5.41) is 3.08. The van der Waals surface area contributed by atoms with Crippen LogP contribution in [0, 0.1) is 5.95 Å². The maximum Gasteiger partial charge on any atom is 0.274 e. The molecule has 0 aliphatic rings. The Morgan fingerprint density at radius 1 is 1.33 bits per heavy atom. The molecule has 6 heteroatoms. The van der Waals surface area contributed by atoms with Crippen molar-refractivity contribution in [2.45, 2.75) is 0 Å². The van der Waals surface area contributed by atoms with Crippen LogP contribution in [0.1, 0.15) is 10.5 Å². The average Bonchev–Trinajstić information content (AvgIpc) is 2.34. The molecule has 0 fully saturated rings. The quantitative estimate of drug-likeness (QED) is 0.849. The molecule has 0 aliphatic carbocycles. The molecular weight excluding hydrogens is 322 g/mol. The first kappa shape index (κ1) is 13.0. The van der Waals surface area contributed by atoms with E-state index in [0.29, 0.717) is 15.2 Å². The van der Waals surface area contributed by atoms with Crippen molar-refractivity contribution in [3.8, 4) is 0 Å². The molecule has 18 heavy (non-hydrogen) atoms. The van der Waals surface area contributed by atoms with E-state index >= 15 is 0 Å². The molecule has 0 atom stereocenters. The van der Waals surface area contributed by atoms with E-state index in [1.165, 1.54) is 18.2 Å². The lowest BCUT2D eigenvalue weighted by molar-refractivity contribution is 0.102. The van der Waals surface area contributed by atoms with Crippen LogP contribution in [0.5, 0.6) is 0 Å². The number of halogens is 3. The van der Waals surface area contributed by atoms with Gasteiger partial charge in [-0.2, -0.15) is 4.39 Å². The third-order valence-corrected chi connectivity index (χ3v) is 3.05. The summed E-state index contributed by atoms with van der Waals surface area (Å²) in [6, 6.07) is 8.99. The molecule has 3 nitrogen and oxygen atoms in total. The van der Waals surface area contributed by atoms with E-state index in [1.807, 2.05) is 0 Å². The molecular formula is C12H7BrClFN2O. The molecule has 1 amide bonds. The summed E-state index contributed by atoms with van der Waals surface area (Å²) < 4.78 is 13.6. The Balaban J connectivity index is 2.24. The second kappa shape index (κ2) is 5.46. The zero-order chi connectivity index (χ0) is 13.1. The summed E-state index contributed by atoms with van der Waals surface area (Å²) >= 11 is 9.10. The van der Waals surface area contributed by atoms with E-state index in [1.54, 1.807) is 18.2 Å². The van der Waals surface area contributed by atoms with Crippen molar-refractivity contribution >= 4 is 39.1 Å². The highest BCUT2D eigenvalue weighted by molar-refractivity contribution is 9.10. The third-order valence-electron chi connectivity index (χ3n) is 2.12. The maximum atomic E-state index is 12.9. The molecule has 0 bridgehead atoms. The number of anilines is 1. The van der Waals surface area contributed by atoms with E-state index in [9.17, 15) is 9.18 Å². The average molecular weight is 330 g/mol. The summed E-state index contributed by atoms with van der Waals surface area (Å²) in [5.74, 6) is -1.20. The van der Waals surface area contributed by atoms with Gasteiger partial charge < -0.3 is 5.32 Å². The van der Waals surface area contributed by atoms with Crippen LogP contribution in [-0.2, 0) is 0 Å². The van der Waals surface area contributed by atoms with Crippen LogP contribution >= 0.6 is 27.5 Å². The van der Waals surface area contributed by atoms with Crippen LogP contribution in [0.3, 0.4) is 0 Å². The Hall–Kier alpha value is -1.46. The third kappa shape index (κ3) is 3.05. The van der Waals surface area contributed by atoms with Crippen molar-refractivity contribution in [3.63, 3.8) is 0 Å². The number of benzene rings is 1. The molecule has 0 aliphatic heterocycles. The van der Waals surface area contributed by atoms with E-state index in [0.717, 1.165) is 0 Å². The highest BCUT2D eigenvalue weighted by Crippen LogP contribution is 2.26. The molecule has 0 unspecified atom stereocenters. The van der Waals surface area contributed by atoms with Gasteiger partial charge in [-0.15, -0.1) is 0 Å². The first-order valence-corrected chi connectivity index (χ1v) is 6.12. The van der Waals surface area contributed by atoms with Crippen LogP contribution in [0.25, 0.3) is 0 Å². The summed E-state index contributed by atoms with van der Waals surface area (Å²) in [5.41, 5.74) is 0.500.